The molecule has 24 heavy (non-hydrogen) atoms. The van der Waals surface area contributed by atoms with E-state index in [1.54, 1.807) is 13.0 Å². The van der Waals surface area contributed by atoms with Crippen molar-refractivity contribution in [2.45, 2.75) is 39.8 Å². The zero-order chi connectivity index (χ0) is 18.5. The molecule has 130 valence electrons. The number of alkyl halides is 3. The summed E-state index contributed by atoms with van der Waals surface area (Å²) in [5, 5.41) is 21.8. The van der Waals surface area contributed by atoms with Crippen LogP contribution in [0.3, 0.4) is 0 Å². The number of hydrogen-bond donors (Lipinski definition) is 2. The zero-order valence-corrected chi connectivity index (χ0v) is 13.7. The van der Waals surface area contributed by atoms with E-state index in [-0.39, 0.29) is 11.4 Å². The fourth-order valence-electron chi connectivity index (χ4n) is 2.03. The molecule has 0 radical (unpaired) electrons. The van der Waals surface area contributed by atoms with Gasteiger partial charge in [-0.25, -0.2) is 0 Å². The Bertz CT molecular complexity index is 667. The van der Waals surface area contributed by atoms with Crippen LogP contribution in [0.5, 0.6) is 0 Å². The van der Waals surface area contributed by atoms with Crippen LogP contribution in [0.2, 0.25) is 0 Å². The predicted octanol–water partition coefficient (Wildman–Crippen LogP) is 4.81. The van der Waals surface area contributed by atoms with E-state index in [1.165, 1.54) is 0 Å². The number of aliphatic hydroxyl groups excluding tert-OH is 1. The summed E-state index contributed by atoms with van der Waals surface area (Å²) in [5.41, 5.74) is -1.91. The van der Waals surface area contributed by atoms with Crippen molar-refractivity contribution in [1.82, 2.24) is 0 Å². The summed E-state index contributed by atoms with van der Waals surface area (Å²) in [4.78, 5) is 12.2. The Morgan fingerprint density at radius 3 is 2.08 bits per heavy atom. The maximum Gasteiger partial charge on any atom is 0.416 e. The molecule has 1 amide bonds. The Labute approximate surface area is 138 Å². The van der Waals surface area contributed by atoms with Gasteiger partial charge < -0.3 is 10.4 Å². The van der Waals surface area contributed by atoms with Gasteiger partial charge in [-0.1, -0.05) is 20.8 Å². The van der Waals surface area contributed by atoms with Crippen LogP contribution in [0.4, 0.5) is 18.9 Å². The maximum atomic E-state index is 12.5. The molecule has 0 spiro atoms. The fourth-order valence-corrected chi connectivity index (χ4v) is 2.03. The van der Waals surface area contributed by atoms with Crippen molar-refractivity contribution in [2.24, 2.45) is 5.41 Å². The number of hydrogen-bond acceptors (Lipinski definition) is 3. The largest absolute Gasteiger partial charge is 0.510 e. The standard InChI is InChI=1S/C17H19F3N2O2/c1-4-16(3,5-2)14(23)13(10-21)15(24)22-12-8-6-11(7-9-12)17(18,19)20/h6-9,23H,4-5H2,1-3H3,(H,22,24)/b14-13-. The average molecular weight is 340 g/mol. The molecule has 2 N–H and O–H groups in total. The van der Waals surface area contributed by atoms with Gasteiger partial charge in [-0.2, -0.15) is 18.4 Å². The zero-order valence-electron chi connectivity index (χ0n) is 13.7. The molecule has 0 bridgehead atoms. The van der Waals surface area contributed by atoms with E-state index in [1.807, 2.05) is 13.8 Å². The van der Waals surface area contributed by atoms with Crippen molar-refractivity contribution in [2.75, 3.05) is 5.32 Å². The number of nitrogens with one attached hydrogen (secondary N) is 1. The van der Waals surface area contributed by atoms with Gasteiger partial charge in [0, 0.05) is 11.1 Å². The molecule has 0 saturated heterocycles. The highest BCUT2D eigenvalue weighted by Crippen LogP contribution is 2.35. The van der Waals surface area contributed by atoms with Crippen LogP contribution >= 0.6 is 0 Å². The number of carbonyl (C=O) groups excluding carboxylic acids is 1. The van der Waals surface area contributed by atoms with E-state index in [9.17, 15) is 28.3 Å². The Morgan fingerprint density at radius 2 is 1.71 bits per heavy atom. The molecule has 0 unspecified atom stereocenters. The summed E-state index contributed by atoms with van der Waals surface area (Å²) in [7, 11) is 0. The first-order valence-corrected chi connectivity index (χ1v) is 7.41. The van der Waals surface area contributed by atoms with Crippen molar-refractivity contribution in [3.8, 4) is 6.07 Å². The second kappa shape index (κ2) is 7.39. The van der Waals surface area contributed by atoms with E-state index in [0.29, 0.717) is 12.8 Å². The number of amides is 1. The lowest BCUT2D eigenvalue weighted by atomic mass is 9.80. The van der Waals surface area contributed by atoms with Crippen LogP contribution in [0.1, 0.15) is 39.2 Å². The van der Waals surface area contributed by atoms with Gasteiger partial charge in [0.1, 0.15) is 11.8 Å². The first kappa shape index (κ1) is 19.6. The van der Waals surface area contributed by atoms with Gasteiger partial charge in [-0.3, -0.25) is 4.79 Å². The molecule has 0 aliphatic heterocycles. The second-order valence-corrected chi connectivity index (χ2v) is 5.63. The maximum absolute atomic E-state index is 12.5. The topological polar surface area (TPSA) is 73.1 Å². The van der Waals surface area contributed by atoms with E-state index in [2.05, 4.69) is 5.32 Å². The number of nitriles is 1. The van der Waals surface area contributed by atoms with Gasteiger partial charge in [0.15, 0.2) is 5.57 Å². The summed E-state index contributed by atoms with van der Waals surface area (Å²) in [6, 6.07) is 5.50. The monoisotopic (exact) mass is 340 g/mol. The van der Waals surface area contributed by atoms with E-state index in [4.69, 9.17) is 0 Å². The number of rotatable bonds is 5. The van der Waals surface area contributed by atoms with Crippen molar-refractivity contribution < 1.29 is 23.1 Å². The lowest BCUT2D eigenvalue weighted by Crippen LogP contribution is -2.24. The van der Waals surface area contributed by atoms with Crippen molar-refractivity contribution in [1.29, 1.82) is 5.26 Å². The normalized spacial score (nSPS) is 13.0. The highest BCUT2D eigenvalue weighted by Gasteiger charge is 2.31. The summed E-state index contributed by atoms with van der Waals surface area (Å²) < 4.78 is 37.5. The van der Waals surface area contributed by atoms with Crippen molar-refractivity contribution >= 4 is 11.6 Å². The molecule has 1 aromatic carbocycles. The smallest absolute Gasteiger partial charge is 0.416 e. The number of carbonyl (C=O) groups is 1. The highest BCUT2D eigenvalue weighted by atomic mass is 19.4. The predicted molar refractivity (Wildman–Crippen MR) is 84.0 cm³/mol. The first-order chi connectivity index (χ1) is 11.1. The molecule has 1 aromatic rings. The fraction of sp³-hybridized carbons (Fsp3) is 0.412. The van der Waals surface area contributed by atoms with Gasteiger partial charge in [0.05, 0.1) is 5.56 Å². The minimum absolute atomic E-state index is 0.100. The molecule has 0 atom stereocenters. The van der Waals surface area contributed by atoms with Gasteiger partial charge in [-0.05, 0) is 37.1 Å². The minimum atomic E-state index is -4.47. The second-order valence-electron chi connectivity index (χ2n) is 5.63. The number of nitrogens with zero attached hydrogens (tertiary/aromatic N) is 1. The molecule has 0 fully saturated rings. The van der Waals surface area contributed by atoms with Gasteiger partial charge >= 0.3 is 6.18 Å². The van der Waals surface area contributed by atoms with Crippen LogP contribution in [-0.4, -0.2) is 11.0 Å². The molecular weight excluding hydrogens is 321 g/mol. The first-order valence-electron chi connectivity index (χ1n) is 7.41. The quantitative estimate of drug-likeness (QED) is 0.459. The number of anilines is 1. The SMILES string of the molecule is CCC(C)(CC)/C(O)=C(\C#N)C(=O)Nc1ccc(C(F)(F)F)cc1. The van der Waals surface area contributed by atoms with Crippen LogP contribution in [0.25, 0.3) is 0 Å². The van der Waals surface area contributed by atoms with E-state index in [0.717, 1.165) is 24.3 Å². The van der Waals surface area contributed by atoms with Crippen LogP contribution in [-0.2, 0) is 11.0 Å². The van der Waals surface area contributed by atoms with Crippen LogP contribution in [0.15, 0.2) is 35.6 Å². The molecular formula is C17H19F3N2O2. The summed E-state index contributed by atoms with van der Waals surface area (Å²) in [6.45, 7) is 5.37. The third kappa shape index (κ3) is 4.28. The summed E-state index contributed by atoms with van der Waals surface area (Å²) in [6.07, 6.45) is -3.43. The van der Waals surface area contributed by atoms with Crippen LogP contribution < -0.4 is 5.32 Å². The lowest BCUT2D eigenvalue weighted by molar-refractivity contribution is -0.137. The number of halogens is 3. The molecule has 0 heterocycles. The molecule has 1 rings (SSSR count). The van der Waals surface area contributed by atoms with E-state index < -0.39 is 28.6 Å². The van der Waals surface area contributed by atoms with Gasteiger partial charge in [0.2, 0.25) is 0 Å². The van der Waals surface area contributed by atoms with Crippen molar-refractivity contribution in [3.05, 3.63) is 41.2 Å². The Balaban J connectivity index is 3.07. The van der Waals surface area contributed by atoms with Gasteiger partial charge in [-0.15, -0.1) is 0 Å². The molecule has 0 aliphatic rings. The molecule has 4 nitrogen and oxygen atoms in total. The van der Waals surface area contributed by atoms with E-state index >= 15 is 0 Å². The Hall–Kier alpha value is -2.49. The summed E-state index contributed by atoms with van der Waals surface area (Å²) in [5.74, 6) is -1.18. The molecule has 0 aliphatic carbocycles. The Kier molecular flexibility index (Phi) is 6.02. The number of benzene rings is 1. The lowest BCUT2D eigenvalue weighted by Gasteiger charge is -2.26. The molecule has 0 saturated carbocycles. The number of aliphatic hydroxyl groups is 1. The van der Waals surface area contributed by atoms with Crippen molar-refractivity contribution in [3.63, 3.8) is 0 Å². The Morgan fingerprint density at radius 1 is 1.21 bits per heavy atom. The molecule has 7 heteroatoms. The third-order valence-corrected chi connectivity index (χ3v) is 4.18. The average Bonchev–Trinajstić information content (AvgIpc) is 2.54. The van der Waals surface area contributed by atoms with Gasteiger partial charge in [0.25, 0.3) is 5.91 Å². The van der Waals surface area contributed by atoms with Crippen LogP contribution in [0, 0.1) is 16.7 Å². The highest BCUT2D eigenvalue weighted by molar-refractivity contribution is 6.07. The minimum Gasteiger partial charge on any atom is -0.510 e. The third-order valence-electron chi connectivity index (χ3n) is 4.18. The number of allylic oxidation sites excluding steroid dienone is 1. The summed E-state index contributed by atoms with van der Waals surface area (Å²) >= 11 is 0. The molecule has 0 aromatic heterocycles.